The van der Waals surface area contributed by atoms with E-state index in [0.717, 1.165) is 30.9 Å². The number of amides is 1. The Labute approximate surface area is 100 Å². The minimum absolute atomic E-state index is 0.0831. The lowest BCUT2D eigenvalue weighted by Crippen LogP contribution is -2.48. The Morgan fingerprint density at radius 1 is 1.62 bits per heavy atom. The summed E-state index contributed by atoms with van der Waals surface area (Å²) in [4.78, 5) is 14.0. The van der Waals surface area contributed by atoms with E-state index in [1.54, 1.807) is 11.3 Å². The van der Waals surface area contributed by atoms with Crippen molar-refractivity contribution in [1.29, 1.82) is 0 Å². The van der Waals surface area contributed by atoms with Crippen molar-refractivity contribution in [2.75, 3.05) is 19.6 Å². The van der Waals surface area contributed by atoms with E-state index in [4.69, 9.17) is 0 Å². The van der Waals surface area contributed by atoms with Gasteiger partial charge >= 0.3 is 0 Å². The maximum Gasteiger partial charge on any atom is 0.261 e. The zero-order chi connectivity index (χ0) is 11.5. The van der Waals surface area contributed by atoms with Gasteiger partial charge in [-0.3, -0.25) is 4.79 Å². The first-order chi connectivity index (χ1) is 7.70. The summed E-state index contributed by atoms with van der Waals surface area (Å²) < 4.78 is 0. The number of carbonyl (C=O) groups is 1. The Bertz CT molecular complexity index is 382. The standard InChI is InChI=1S/C12H18N2OS/c1-3-10-8(2)4-11(16-10)12(15)14-7-9-5-13-6-9/h4,9,13H,3,5-7H2,1-2H3,(H,14,15). The van der Waals surface area contributed by atoms with Crippen molar-refractivity contribution in [3.63, 3.8) is 0 Å². The van der Waals surface area contributed by atoms with Crippen molar-refractivity contribution in [3.8, 4) is 0 Å². The summed E-state index contributed by atoms with van der Waals surface area (Å²) in [6, 6.07) is 2.00. The Balaban J connectivity index is 1.91. The molecule has 1 aliphatic heterocycles. The molecule has 3 nitrogen and oxygen atoms in total. The fourth-order valence-corrected chi connectivity index (χ4v) is 2.83. The van der Waals surface area contributed by atoms with Crippen LogP contribution in [0.25, 0.3) is 0 Å². The predicted octanol–water partition coefficient (Wildman–Crippen LogP) is 1.57. The van der Waals surface area contributed by atoms with E-state index in [1.807, 2.05) is 6.07 Å². The topological polar surface area (TPSA) is 41.1 Å². The van der Waals surface area contributed by atoms with Crippen LogP contribution in [0.2, 0.25) is 0 Å². The predicted molar refractivity (Wildman–Crippen MR) is 67.1 cm³/mol. The molecule has 0 aromatic carbocycles. The minimum atomic E-state index is 0.0831. The SMILES string of the molecule is CCc1sc(C(=O)NCC2CNC2)cc1C. The number of hydrogen-bond acceptors (Lipinski definition) is 3. The second-order valence-corrected chi connectivity index (χ2v) is 5.44. The van der Waals surface area contributed by atoms with E-state index in [9.17, 15) is 4.79 Å². The molecule has 4 heteroatoms. The fraction of sp³-hybridized carbons (Fsp3) is 0.583. The second kappa shape index (κ2) is 4.97. The van der Waals surface area contributed by atoms with E-state index in [1.165, 1.54) is 10.4 Å². The molecule has 0 unspecified atom stereocenters. The van der Waals surface area contributed by atoms with E-state index in [2.05, 4.69) is 24.5 Å². The average molecular weight is 238 g/mol. The van der Waals surface area contributed by atoms with Gasteiger partial charge in [-0.25, -0.2) is 0 Å². The summed E-state index contributed by atoms with van der Waals surface area (Å²) in [6.07, 6.45) is 1.01. The summed E-state index contributed by atoms with van der Waals surface area (Å²) in [7, 11) is 0. The van der Waals surface area contributed by atoms with Crippen LogP contribution in [0, 0.1) is 12.8 Å². The van der Waals surface area contributed by atoms with Gasteiger partial charge in [-0.15, -0.1) is 11.3 Å². The molecule has 0 radical (unpaired) electrons. The Morgan fingerprint density at radius 3 is 2.88 bits per heavy atom. The highest BCUT2D eigenvalue weighted by atomic mass is 32.1. The molecule has 1 aromatic rings. The molecular formula is C12H18N2OS. The molecule has 2 N–H and O–H groups in total. The van der Waals surface area contributed by atoms with Gasteiger partial charge in [0.1, 0.15) is 0 Å². The molecular weight excluding hydrogens is 220 g/mol. The lowest BCUT2D eigenvalue weighted by molar-refractivity contribution is 0.0946. The summed E-state index contributed by atoms with van der Waals surface area (Å²) in [5, 5.41) is 6.20. The van der Waals surface area contributed by atoms with Crippen molar-refractivity contribution in [1.82, 2.24) is 10.6 Å². The molecule has 2 rings (SSSR count). The van der Waals surface area contributed by atoms with Crippen molar-refractivity contribution >= 4 is 17.2 Å². The highest BCUT2D eigenvalue weighted by molar-refractivity contribution is 7.14. The van der Waals surface area contributed by atoms with Crippen molar-refractivity contribution in [3.05, 3.63) is 21.4 Å². The van der Waals surface area contributed by atoms with Gasteiger partial charge in [-0.05, 0) is 25.0 Å². The zero-order valence-corrected chi connectivity index (χ0v) is 10.6. The van der Waals surface area contributed by atoms with Gasteiger partial charge in [0.15, 0.2) is 0 Å². The molecule has 88 valence electrons. The van der Waals surface area contributed by atoms with Crippen LogP contribution in [0.1, 0.15) is 27.0 Å². The molecule has 0 bridgehead atoms. The van der Waals surface area contributed by atoms with E-state index >= 15 is 0 Å². The first-order valence-corrected chi connectivity index (χ1v) is 6.60. The van der Waals surface area contributed by atoms with Crippen molar-refractivity contribution < 1.29 is 4.79 Å². The number of carbonyl (C=O) groups excluding carboxylic acids is 1. The molecule has 16 heavy (non-hydrogen) atoms. The molecule has 1 amide bonds. The average Bonchev–Trinajstić information content (AvgIpc) is 2.57. The number of hydrogen-bond donors (Lipinski definition) is 2. The van der Waals surface area contributed by atoms with Crippen LogP contribution in [0.3, 0.4) is 0 Å². The van der Waals surface area contributed by atoms with Crippen LogP contribution in [0.15, 0.2) is 6.07 Å². The molecule has 1 saturated heterocycles. The third-order valence-electron chi connectivity index (χ3n) is 2.98. The van der Waals surface area contributed by atoms with Crippen LogP contribution < -0.4 is 10.6 Å². The van der Waals surface area contributed by atoms with Crippen LogP contribution in [0.5, 0.6) is 0 Å². The third kappa shape index (κ3) is 2.44. The summed E-state index contributed by atoms with van der Waals surface area (Å²) in [5.74, 6) is 0.704. The van der Waals surface area contributed by atoms with Gasteiger partial charge in [0, 0.05) is 30.4 Å². The van der Waals surface area contributed by atoms with Crippen LogP contribution in [-0.4, -0.2) is 25.5 Å². The molecule has 1 aliphatic rings. The quantitative estimate of drug-likeness (QED) is 0.836. The number of thiophene rings is 1. The van der Waals surface area contributed by atoms with E-state index < -0.39 is 0 Å². The second-order valence-electron chi connectivity index (χ2n) is 4.30. The van der Waals surface area contributed by atoms with Gasteiger partial charge in [0.2, 0.25) is 0 Å². The van der Waals surface area contributed by atoms with Crippen molar-refractivity contribution in [2.24, 2.45) is 5.92 Å². The van der Waals surface area contributed by atoms with Gasteiger partial charge in [0.05, 0.1) is 4.88 Å². The van der Waals surface area contributed by atoms with Gasteiger partial charge in [-0.2, -0.15) is 0 Å². The number of aryl methyl sites for hydroxylation is 2. The molecule has 0 saturated carbocycles. The molecule has 0 atom stereocenters. The number of rotatable bonds is 4. The third-order valence-corrected chi connectivity index (χ3v) is 4.36. The Morgan fingerprint density at radius 2 is 2.38 bits per heavy atom. The smallest absolute Gasteiger partial charge is 0.261 e. The van der Waals surface area contributed by atoms with Crippen LogP contribution in [0.4, 0.5) is 0 Å². The molecule has 1 fully saturated rings. The first kappa shape index (κ1) is 11.6. The fourth-order valence-electron chi connectivity index (χ4n) is 1.80. The molecule has 2 heterocycles. The van der Waals surface area contributed by atoms with Crippen LogP contribution >= 0.6 is 11.3 Å². The van der Waals surface area contributed by atoms with E-state index in [0.29, 0.717) is 5.92 Å². The normalized spacial score (nSPS) is 15.9. The maximum atomic E-state index is 11.8. The summed E-state index contributed by atoms with van der Waals surface area (Å²) in [5.41, 5.74) is 1.24. The largest absolute Gasteiger partial charge is 0.351 e. The van der Waals surface area contributed by atoms with Gasteiger partial charge in [0.25, 0.3) is 5.91 Å². The summed E-state index contributed by atoms with van der Waals surface area (Å²) in [6.45, 7) is 7.06. The molecule has 0 spiro atoms. The van der Waals surface area contributed by atoms with Gasteiger partial charge < -0.3 is 10.6 Å². The summed E-state index contributed by atoms with van der Waals surface area (Å²) >= 11 is 1.62. The Hall–Kier alpha value is -0.870. The lowest BCUT2D eigenvalue weighted by Gasteiger charge is -2.26. The number of nitrogens with one attached hydrogen (secondary N) is 2. The lowest BCUT2D eigenvalue weighted by atomic mass is 10.0. The monoisotopic (exact) mass is 238 g/mol. The minimum Gasteiger partial charge on any atom is -0.351 e. The molecule has 0 aliphatic carbocycles. The first-order valence-electron chi connectivity index (χ1n) is 5.79. The highest BCUT2D eigenvalue weighted by Crippen LogP contribution is 2.22. The van der Waals surface area contributed by atoms with Crippen molar-refractivity contribution in [2.45, 2.75) is 20.3 Å². The van der Waals surface area contributed by atoms with Gasteiger partial charge in [-0.1, -0.05) is 6.92 Å². The maximum absolute atomic E-state index is 11.8. The highest BCUT2D eigenvalue weighted by Gasteiger charge is 2.18. The Kier molecular flexibility index (Phi) is 3.61. The molecule has 1 aromatic heterocycles. The van der Waals surface area contributed by atoms with Crippen LogP contribution in [-0.2, 0) is 6.42 Å². The zero-order valence-electron chi connectivity index (χ0n) is 9.80. The van der Waals surface area contributed by atoms with E-state index in [-0.39, 0.29) is 5.91 Å².